The molecule has 0 aliphatic carbocycles. The average molecular weight is 458 g/mol. The molecule has 0 aromatic heterocycles. The second kappa shape index (κ2) is 11.1. The number of sulfonamides is 1. The van der Waals surface area contributed by atoms with E-state index in [1.165, 1.54) is 9.87 Å². The molecule has 1 amide bonds. The van der Waals surface area contributed by atoms with E-state index in [9.17, 15) is 13.2 Å². The summed E-state index contributed by atoms with van der Waals surface area (Å²) in [7, 11) is -3.38. The quantitative estimate of drug-likeness (QED) is 0.618. The number of anilines is 1. The zero-order valence-electron chi connectivity index (χ0n) is 19.4. The number of carbonyl (C=O) groups is 1. The summed E-state index contributed by atoms with van der Waals surface area (Å²) in [5.41, 5.74) is 3.91. The zero-order valence-corrected chi connectivity index (χ0v) is 20.2. The highest BCUT2D eigenvalue weighted by molar-refractivity contribution is 7.88. The molecule has 1 fully saturated rings. The highest BCUT2D eigenvalue weighted by Gasteiger charge is 2.31. The predicted octanol–water partition coefficient (Wildman–Crippen LogP) is 4.02. The van der Waals surface area contributed by atoms with Gasteiger partial charge < -0.3 is 5.32 Å². The summed E-state index contributed by atoms with van der Waals surface area (Å²) >= 11 is 0. The molecule has 0 atom stereocenters. The number of hydrogen-bond acceptors (Lipinski definition) is 4. The van der Waals surface area contributed by atoms with E-state index in [1.54, 1.807) is 0 Å². The SMILES string of the molecule is CCN(CC)Cc1ccc(NC(=O)C2CCN(S(=O)(=O)Cc3ccc(C)cc3)CC2)cc1. The lowest BCUT2D eigenvalue weighted by molar-refractivity contribution is -0.120. The largest absolute Gasteiger partial charge is 0.326 e. The summed E-state index contributed by atoms with van der Waals surface area (Å²) in [6.45, 7) is 9.97. The smallest absolute Gasteiger partial charge is 0.227 e. The number of hydrogen-bond donors (Lipinski definition) is 1. The van der Waals surface area contributed by atoms with Crippen molar-refractivity contribution in [1.82, 2.24) is 9.21 Å². The molecule has 174 valence electrons. The van der Waals surface area contributed by atoms with E-state index in [-0.39, 0.29) is 17.6 Å². The highest BCUT2D eigenvalue weighted by Crippen LogP contribution is 2.23. The fourth-order valence-electron chi connectivity index (χ4n) is 4.03. The molecule has 32 heavy (non-hydrogen) atoms. The van der Waals surface area contributed by atoms with Gasteiger partial charge in [-0.3, -0.25) is 9.69 Å². The van der Waals surface area contributed by atoms with Crippen LogP contribution in [0.15, 0.2) is 48.5 Å². The van der Waals surface area contributed by atoms with Crippen LogP contribution in [-0.2, 0) is 27.1 Å². The fraction of sp³-hybridized carbons (Fsp3) is 0.480. The average Bonchev–Trinajstić information content (AvgIpc) is 2.80. The van der Waals surface area contributed by atoms with Gasteiger partial charge in [-0.2, -0.15) is 0 Å². The van der Waals surface area contributed by atoms with Gasteiger partial charge in [-0.15, -0.1) is 0 Å². The van der Waals surface area contributed by atoms with E-state index in [0.29, 0.717) is 25.9 Å². The van der Waals surface area contributed by atoms with Gasteiger partial charge in [0.05, 0.1) is 5.75 Å². The summed E-state index contributed by atoms with van der Waals surface area (Å²) in [6.07, 6.45) is 1.08. The maximum Gasteiger partial charge on any atom is 0.227 e. The number of piperidine rings is 1. The van der Waals surface area contributed by atoms with Crippen LogP contribution in [0.3, 0.4) is 0 Å². The number of aryl methyl sites for hydroxylation is 1. The van der Waals surface area contributed by atoms with E-state index >= 15 is 0 Å². The Bertz CT molecular complexity index is 976. The molecule has 0 bridgehead atoms. The van der Waals surface area contributed by atoms with Crippen LogP contribution in [0.1, 0.15) is 43.4 Å². The number of amides is 1. The molecule has 0 spiro atoms. The molecule has 1 saturated heterocycles. The van der Waals surface area contributed by atoms with Crippen molar-refractivity contribution in [3.8, 4) is 0 Å². The van der Waals surface area contributed by atoms with Crippen molar-refractivity contribution >= 4 is 21.6 Å². The van der Waals surface area contributed by atoms with Crippen LogP contribution >= 0.6 is 0 Å². The summed E-state index contributed by atoms with van der Waals surface area (Å²) in [6, 6.07) is 15.6. The van der Waals surface area contributed by atoms with Crippen LogP contribution in [0.4, 0.5) is 5.69 Å². The molecular weight excluding hydrogens is 422 g/mol. The van der Waals surface area contributed by atoms with E-state index in [1.807, 2.05) is 55.5 Å². The predicted molar refractivity (Wildman–Crippen MR) is 130 cm³/mol. The lowest BCUT2D eigenvalue weighted by Gasteiger charge is -2.30. The second-order valence-electron chi connectivity index (χ2n) is 8.56. The van der Waals surface area contributed by atoms with Crippen molar-refractivity contribution in [3.63, 3.8) is 0 Å². The maximum atomic E-state index is 12.8. The lowest BCUT2D eigenvalue weighted by Crippen LogP contribution is -2.41. The Morgan fingerprint density at radius 3 is 2.09 bits per heavy atom. The zero-order chi connectivity index (χ0) is 23.1. The van der Waals surface area contributed by atoms with Gasteiger partial charge in [0.25, 0.3) is 0 Å². The van der Waals surface area contributed by atoms with Crippen LogP contribution < -0.4 is 5.32 Å². The molecule has 7 heteroatoms. The number of rotatable bonds is 9. The van der Waals surface area contributed by atoms with Crippen molar-refractivity contribution in [1.29, 1.82) is 0 Å². The summed E-state index contributed by atoms with van der Waals surface area (Å²) in [4.78, 5) is 15.1. The Kier molecular flexibility index (Phi) is 8.45. The topological polar surface area (TPSA) is 69.7 Å². The summed E-state index contributed by atoms with van der Waals surface area (Å²) < 4.78 is 27.1. The number of benzene rings is 2. The Balaban J connectivity index is 1.50. The molecule has 1 aliphatic heterocycles. The first-order valence-electron chi connectivity index (χ1n) is 11.5. The third kappa shape index (κ3) is 6.64. The molecule has 6 nitrogen and oxygen atoms in total. The van der Waals surface area contributed by atoms with Crippen LogP contribution in [0.5, 0.6) is 0 Å². The third-order valence-corrected chi connectivity index (χ3v) is 8.06. The van der Waals surface area contributed by atoms with Gasteiger partial charge >= 0.3 is 0 Å². The maximum absolute atomic E-state index is 12.8. The van der Waals surface area contributed by atoms with Crippen molar-refractivity contribution in [2.75, 3.05) is 31.5 Å². The van der Waals surface area contributed by atoms with E-state index in [0.717, 1.165) is 36.4 Å². The van der Waals surface area contributed by atoms with Gasteiger partial charge in [0.2, 0.25) is 15.9 Å². The minimum absolute atomic E-state index is 0.00395. The van der Waals surface area contributed by atoms with E-state index in [4.69, 9.17) is 0 Å². The Morgan fingerprint density at radius 1 is 0.969 bits per heavy atom. The second-order valence-corrected chi connectivity index (χ2v) is 10.5. The molecule has 1 heterocycles. The lowest BCUT2D eigenvalue weighted by atomic mass is 9.97. The molecule has 0 radical (unpaired) electrons. The first-order valence-corrected chi connectivity index (χ1v) is 13.1. The van der Waals surface area contributed by atoms with Crippen LogP contribution in [-0.4, -0.2) is 49.7 Å². The van der Waals surface area contributed by atoms with Crippen molar-refractivity contribution in [2.45, 2.75) is 45.9 Å². The van der Waals surface area contributed by atoms with Gasteiger partial charge in [0.15, 0.2) is 0 Å². The first kappa shape index (κ1) is 24.4. The highest BCUT2D eigenvalue weighted by atomic mass is 32.2. The fourth-order valence-corrected chi connectivity index (χ4v) is 5.59. The third-order valence-electron chi connectivity index (χ3n) is 6.21. The van der Waals surface area contributed by atoms with Crippen molar-refractivity contribution < 1.29 is 13.2 Å². The van der Waals surface area contributed by atoms with E-state index < -0.39 is 10.0 Å². The number of carbonyl (C=O) groups excluding carboxylic acids is 1. The standard InChI is InChI=1S/C25H35N3O3S/c1-4-27(5-2)18-21-10-12-24(13-11-21)26-25(29)23-14-16-28(17-15-23)32(30,31)19-22-8-6-20(3)7-9-22/h6-13,23H,4-5,14-19H2,1-3H3,(H,26,29). The van der Waals surface area contributed by atoms with Gasteiger partial charge in [0, 0.05) is 31.2 Å². The molecular formula is C25H35N3O3S. The van der Waals surface area contributed by atoms with Gasteiger partial charge in [-0.1, -0.05) is 55.8 Å². The van der Waals surface area contributed by atoms with Crippen LogP contribution in [0.25, 0.3) is 0 Å². The summed E-state index contributed by atoms with van der Waals surface area (Å²) in [5, 5.41) is 3.00. The van der Waals surface area contributed by atoms with Gasteiger partial charge in [-0.05, 0) is 56.1 Å². The molecule has 2 aromatic rings. The Hall–Kier alpha value is -2.22. The molecule has 0 saturated carbocycles. The van der Waals surface area contributed by atoms with Gasteiger partial charge in [-0.25, -0.2) is 12.7 Å². The first-order chi connectivity index (χ1) is 15.3. The van der Waals surface area contributed by atoms with Crippen LogP contribution in [0.2, 0.25) is 0 Å². The number of nitrogens with one attached hydrogen (secondary N) is 1. The normalized spacial score (nSPS) is 15.8. The molecule has 1 N–H and O–H groups in total. The molecule has 1 aliphatic rings. The van der Waals surface area contributed by atoms with Crippen LogP contribution in [0, 0.1) is 12.8 Å². The molecule has 2 aromatic carbocycles. The minimum atomic E-state index is -3.38. The minimum Gasteiger partial charge on any atom is -0.326 e. The van der Waals surface area contributed by atoms with Crippen molar-refractivity contribution in [3.05, 3.63) is 65.2 Å². The van der Waals surface area contributed by atoms with Crippen molar-refractivity contribution in [2.24, 2.45) is 5.92 Å². The monoisotopic (exact) mass is 457 g/mol. The number of nitrogens with zero attached hydrogens (tertiary/aromatic N) is 2. The Labute approximate surface area is 192 Å². The molecule has 0 unspecified atom stereocenters. The Morgan fingerprint density at radius 2 is 1.53 bits per heavy atom. The molecule has 3 rings (SSSR count). The van der Waals surface area contributed by atoms with E-state index in [2.05, 4.69) is 24.1 Å². The van der Waals surface area contributed by atoms with Gasteiger partial charge in [0.1, 0.15) is 0 Å². The summed E-state index contributed by atoms with van der Waals surface area (Å²) in [5.74, 6) is -0.197.